The van der Waals surface area contributed by atoms with Gasteiger partial charge in [-0.1, -0.05) is 25.7 Å². The second kappa shape index (κ2) is 6.44. The van der Waals surface area contributed by atoms with Gasteiger partial charge in [0, 0.05) is 6.54 Å². The van der Waals surface area contributed by atoms with Crippen molar-refractivity contribution in [1.29, 1.82) is 0 Å². The molecule has 0 unspecified atom stereocenters. The molecule has 4 nitrogen and oxygen atoms in total. The summed E-state index contributed by atoms with van der Waals surface area (Å²) < 4.78 is 28.2. The molecule has 0 saturated heterocycles. The average Bonchev–Trinajstić information content (AvgIpc) is 2.61. The fourth-order valence-electron chi connectivity index (χ4n) is 2.43. The van der Waals surface area contributed by atoms with Crippen molar-refractivity contribution in [3.05, 3.63) is 15.4 Å². The van der Waals surface area contributed by atoms with E-state index < -0.39 is 15.6 Å². The summed E-state index contributed by atoms with van der Waals surface area (Å²) in [6.45, 7) is 1.96. The van der Waals surface area contributed by atoms with Gasteiger partial charge in [-0.25, -0.2) is 13.1 Å². The molecule has 1 aromatic heterocycles. The quantitative estimate of drug-likeness (QED) is 0.786. The molecule has 0 bridgehead atoms. The largest absolute Gasteiger partial charge is 0.389 e. The summed E-state index contributed by atoms with van der Waals surface area (Å²) in [5.74, 6) is 0. The van der Waals surface area contributed by atoms with Gasteiger partial charge in [-0.15, -0.1) is 11.3 Å². The van der Waals surface area contributed by atoms with Crippen LogP contribution >= 0.6 is 27.3 Å². The van der Waals surface area contributed by atoms with Gasteiger partial charge in [0.15, 0.2) is 0 Å². The molecule has 2 rings (SSSR count). The summed E-state index contributed by atoms with van der Waals surface area (Å²) in [5.41, 5.74) is 0.0103. The van der Waals surface area contributed by atoms with Gasteiger partial charge >= 0.3 is 0 Å². The van der Waals surface area contributed by atoms with Gasteiger partial charge < -0.3 is 5.11 Å². The minimum absolute atomic E-state index is 0.101. The van der Waals surface area contributed by atoms with Crippen LogP contribution in [0, 0.1) is 6.92 Å². The number of aliphatic hydroxyl groups is 1. The molecule has 0 atom stereocenters. The van der Waals surface area contributed by atoms with Crippen molar-refractivity contribution in [2.75, 3.05) is 6.54 Å². The van der Waals surface area contributed by atoms with Crippen LogP contribution in [0.25, 0.3) is 0 Å². The molecule has 20 heavy (non-hydrogen) atoms. The lowest BCUT2D eigenvalue weighted by atomic mass is 9.95. The summed E-state index contributed by atoms with van der Waals surface area (Å²) in [6.07, 6.45) is 5.49. The topological polar surface area (TPSA) is 66.4 Å². The lowest BCUT2D eigenvalue weighted by Gasteiger charge is -2.26. The number of sulfonamides is 1. The van der Waals surface area contributed by atoms with Crippen LogP contribution < -0.4 is 4.72 Å². The van der Waals surface area contributed by atoms with Crippen LogP contribution in [0.1, 0.15) is 44.1 Å². The van der Waals surface area contributed by atoms with Crippen molar-refractivity contribution in [2.24, 2.45) is 0 Å². The number of rotatable bonds is 4. The fraction of sp³-hybridized carbons (Fsp3) is 0.692. The maximum Gasteiger partial charge on any atom is 0.250 e. The van der Waals surface area contributed by atoms with E-state index in [0.29, 0.717) is 17.1 Å². The summed E-state index contributed by atoms with van der Waals surface area (Å²) in [7, 11) is -3.53. The van der Waals surface area contributed by atoms with Gasteiger partial charge in [0.25, 0.3) is 0 Å². The molecule has 1 heterocycles. The number of thiophene rings is 1. The van der Waals surface area contributed by atoms with Gasteiger partial charge in [-0.3, -0.25) is 0 Å². The average molecular weight is 382 g/mol. The van der Waals surface area contributed by atoms with Gasteiger partial charge in [-0.05, 0) is 47.3 Å². The van der Waals surface area contributed by atoms with Crippen molar-refractivity contribution >= 4 is 37.3 Å². The van der Waals surface area contributed by atoms with Crippen LogP contribution in [0.3, 0.4) is 0 Å². The maximum absolute atomic E-state index is 12.2. The van der Waals surface area contributed by atoms with Gasteiger partial charge in [0.05, 0.1) is 9.39 Å². The molecule has 0 radical (unpaired) electrons. The highest BCUT2D eigenvalue weighted by Gasteiger charge is 2.30. The van der Waals surface area contributed by atoms with Crippen molar-refractivity contribution in [2.45, 2.75) is 55.3 Å². The third-order valence-corrected chi connectivity index (χ3v) is 7.74. The lowest BCUT2D eigenvalue weighted by Crippen LogP contribution is -2.42. The Kier molecular flexibility index (Phi) is 5.29. The predicted molar refractivity (Wildman–Crippen MR) is 84.6 cm³/mol. The van der Waals surface area contributed by atoms with Crippen LogP contribution in [0.5, 0.6) is 0 Å². The molecule has 2 N–H and O–H groups in total. The Hall–Kier alpha value is 0.0500. The smallest absolute Gasteiger partial charge is 0.250 e. The summed E-state index contributed by atoms with van der Waals surface area (Å²) >= 11 is 4.53. The summed E-state index contributed by atoms with van der Waals surface area (Å²) in [4.78, 5) is 0. The Bertz CT molecular complexity index is 541. The van der Waals surface area contributed by atoms with Crippen molar-refractivity contribution in [3.63, 3.8) is 0 Å². The number of aryl methyl sites for hydroxylation is 1. The highest BCUT2D eigenvalue weighted by Crippen LogP contribution is 2.31. The first kappa shape index (κ1) is 16.4. The van der Waals surface area contributed by atoms with E-state index in [1.54, 1.807) is 6.07 Å². The Morgan fingerprint density at radius 3 is 2.45 bits per heavy atom. The van der Waals surface area contributed by atoms with Crippen molar-refractivity contribution in [3.8, 4) is 0 Å². The van der Waals surface area contributed by atoms with Crippen LogP contribution in [0.15, 0.2) is 14.1 Å². The van der Waals surface area contributed by atoms with E-state index >= 15 is 0 Å². The van der Waals surface area contributed by atoms with Crippen molar-refractivity contribution in [1.82, 2.24) is 4.72 Å². The van der Waals surface area contributed by atoms with E-state index in [-0.39, 0.29) is 6.54 Å². The Balaban J connectivity index is 2.05. The van der Waals surface area contributed by atoms with E-state index in [9.17, 15) is 13.5 Å². The second-order valence-corrected chi connectivity index (χ2v) is 9.85. The first-order valence-corrected chi connectivity index (χ1v) is 9.90. The zero-order chi connectivity index (χ0) is 14.8. The second-order valence-electron chi connectivity index (χ2n) is 5.49. The van der Waals surface area contributed by atoms with E-state index in [1.807, 2.05) is 6.92 Å². The zero-order valence-corrected chi connectivity index (χ0v) is 14.7. The van der Waals surface area contributed by atoms with Gasteiger partial charge in [0.1, 0.15) is 4.21 Å². The highest BCUT2D eigenvalue weighted by molar-refractivity contribution is 9.11. The maximum atomic E-state index is 12.2. The zero-order valence-electron chi connectivity index (χ0n) is 11.5. The van der Waals surface area contributed by atoms with E-state index in [0.717, 1.165) is 35.0 Å². The number of nitrogens with one attached hydrogen (secondary N) is 1. The summed E-state index contributed by atoms with van der Waals surface area (Å²) in [5, 5.41) is 10.5. The molecule has 1 saturated carbocycles. The molecule has 1 aliphatic rings. The molecule has 0 aromatic carbocycles. The van der Waals surface area contributed by atoms with Crippen LogP contribution in [-0.4, -0.2) is 25.7 Å². The first-order chi connectivity index (χ1) is 9.32. The van der Waals surface area contributed by atoms with E-state index in [1.165, 1.54) is 11.3 Å². The molecular formula is C13H20BrNO3S2. The normalized spacial score (nSPS) is 19.8. The lowest BCUT2D eigenvalue weighted by molar-refractivity contribution is 0.0303. The highest BCUT2D eigenvalue weighted by atomic mass is 79.9. The minimum Gasteiger partial charge on any atom is -0.389 e. The molecule has 1 fully saturated rings. The first-order valence-electron chi connectivity index (χ1n) is 6.80. The molecular weight excluding hydrogens is 362 g/mol. The van der Waals surface area contributed by atoms with E-state index in [2.05, 4.69) is 20.7 Å². The van der Waals surface area contributed by atoms with Crippen LogP contribution in [0.2, 0.25) is 0 Å². The third kappa shape index (κ3) is 4.04. The number of halogens is 1. The minimum atomic E-state index is -3.53. The molecule has 0 amide bonds. The molecule has 1 aromatic rings. The van der Waals surface area contributed by atoms with Crippen LogP contribution in [-0.2, 0) is 10.0 Å². The molecule has 0 spiro atoms. The Morgan fingerprint density at radius 1 is 1.35 bits per heavy atom. The fourth-order valence-corrected chi connectivity index (χ4v) is 5.82. The summed E-state index contributed by atoms with van der Waals surface area (Å²) in [6, 6.07) is 1.65. The standard InChI is InChI=1S/C13H20BrNO3S2/c1-10-8-11(19-12(10)14)20(17,18)15-9-13(16)6-4-2-3-5-7-13/h8,15-16H,2-7,9H2,1H3. The van der Waals surface area contributed by atoms with E-state index in [4.69, 9.17) is 0 Å². The number of hydrogen-bond acceptors (Lipinski definition) is 4. The monoisotopic (exact) mass is 381 g/mol. The Labute approximate surface area is 132 Å². The molecule has 1 aliphatic carbocycles. The van der Waals surface area contributed by atoms with Crippen molar-refractivity contribution < 1.29 is 13.5 Å². The molecule has 114 valence electrons. The van der Waals surface area contributed by atoms with Gasteiger partial charge in [-0.2, -0.15) is 0 Å². The third-order valence-electron chi connectivity index (χ3n) is 3.72. The predicted octanol–water partition coefficient (Wildman–Crippen LogP) is 3.18. The van der Waals surface area contributed by atoms with Gasteiger partial charge in [0.2, 0.25) is 10.0 Å². The number of hydrogen-bond donors (Lipinski definition) is 2. The SMILES string of the molecule is Cc1cc(S(=O)(=O)NCC2(O)CCCCCC2)sc1Br. The molecule has 0 aliphatic heterocycles. The van der Waals surface area contributed by atoms with Crippen LogP contribution in [0.4, 0.5) is 0 Å². The molecule has 7 heteroatoms. The Morgan fingerprint density at radius 2 is 1.95 bits per heavy atom.